The van der Waals surface area contributed by atoms with Gasteiger partial charge in [-0.3, -0.25) is 19.7 Å². The lowest BCUT2D eigenvalue weighted by molar-refractivity contribution is -0.136. The Morgan fingerprint density at radius 2 is 2.19 bits per heavy atom. The molecular formula is C9H8ClN3O3. The highest BCUT2D eigenvalue weighted by Crippen LogP contribution is 2.15. The molecule has 0 aromatic carbocycles. The summed E-state index contributed by atoms with van der Waals surface area (Å²) in [5.41, 5.74) is -0.456. The molecule has 84 valence electrons. The zero-order chi connectivity index (χ0) is 11.7. The quantitative estimate of drug-likeness (QED) is 0.695. The van der Waals surface area contributed by atoms with Crippen LogP contribution >= 0.6 is 11.6 Å². The topological polar surface area (TPSA) is 81.1 Å². The molecule has 1 saturated heterocycles. The van der Waals surface area contributed by atoms with Gasteiger partial charge in [0.1, 0.15) is 6.04 Å². The summed E-state index contributed by atoms with van der Waals surface area (Å²) < 4.78 is 1.04. The number of nitrogens with one attached hydrogen (secondary N) is 1. The summed E-state index contributed by atoms with van der Waals surface area (Å²) in [4.78, 5) is 33.9. The summed E-state index contributed by atoms with van der Waals surface area (Å²) in [5, 5.41) is 6.15. The van der Waals surface area contributed by atoms with Gasteiger partial charge in [0.05, 0.1) is 11.2 Å². The Kier molecular flexibility index (Phi) is 2.74. The van der Waals surface area contributed by atoms with E-state index in [1.807, 2.05) is 0 Å². The Labute approximate surface area is 95.2 Å². The van der Waals surface area contributed by atoms with E-state index in [0.29, 0.717) is 0 Å². The highest BCUT2D eigenvalue weighted by Gasteiger charge is 2.29. The van der Waals surface area contributed by atoms with Crippen molar-refractivity contribution in [3.63, 3.8) is 0 Å². The fourth-order valence-electron chi connectivity index (χ4n) is 1.55. The first-order chi connectivity index (χ1) is 7.58. The Morgan fingerprint density at radius 1 is 1.44 bits per heavy atom. The second-order valence-corrected chi connectivity index (χ2v) is 3.86. The van der Waals surface area contributed by atoms with Crippen LogP contribution in [0.2, 0.25) is 5.02 Å². The molecule has 2 rings (SSSR count). The van der Waals surface area contributed by atoms with Gasteiger partial charge in [-0.2, -0.15) is 5.10 Å². The highest BCUT2D eigenvalue weighted by molar-refractivity contribution is 6.30. The second-order valence-electron chi connectivity index (χ2n) is 3.42. The summed E-state index contributed by atoms with van der Waals surface area (Å²) >= 11 is 5.58. The molecule has 6 nitrogen and oxygen atoms in total. The van der Waals surface area contributed by atoms with Crippen molar-refractivity contribution in [2.24, 2.45) is 0 Å². The van der Waals surface area contributed by atoms with Crippen LogP contribution in [0.1, 0.15) is 18.9 Å². The Hall–Kier alpha value is -1.69. The van der Waals surface area contributed by atoms with Gasteiger partial charge in [0.2, 0.25) is 5.91 Å². The maximum atomic E-state index is 11.5. The first-order valence-corrected chi connectivity index (χ1v) is 5.04. The molecule has 1 fully saturated rings. The lowest BCUT2D eigenvalue weighted by Crippen LogP contribution is -2.45. The van der Waals surface area contributed by atoms with Gasteiger partial charge < -0.3 is 0 Å². The minimum absolute atomic E-state index is 0.202. The maximum Gasteiger partial charge on any atom is 0.268 e. The van der Waals surface area contributed by atoms with Crippen LogP contribution in [-0.2, 0) is 9.59 Å². The molecule has 0 bridgehead atoms. The number of hydrogen-bond acceptors (Lipinski definition) is 4. The van der Waals surface area contributed by atoms with Crippen LogP contribution in [0.3, 0.4) is 0 Å². The zero-order valence-electron chi connectivity index (χ0n) is 8.14. The average molecular weight is 242 g/mol. The standard InChI is InChI=1S/C9H8ClN3O3/c10-5-3-8(15)13(11-4-5)6-1-2-7(14)12-9(6)16/h3-4,6H,1-2H2,(H,12,14,16). The monoisotopic (exact) mass is 241 g/mol. The molecule has 2 heterocycles. The van der Waals surface area contributed by atoms with Gasteiger partial charge in [0.25, 0.3) is 11.5 Å². The van der Waals surface area contributed by atoms with Crippen molar-refractivity contribution >= 4 is 23.4 Å². The van der Waals surface area contributed by atoms with Crippen LogP contribution < -0.4 is 10.9 Å². The normalized spacial score (nSPS) is 20.7. The summed E-state index contributed by atoms with van der Waals surface area (Å²) in [6.45, 7) is 0. The number of carbonyl (C=O) groups excluding carboxylic acids is 2. The first-order valence-electron chi connectivity index (χ1n) is 4.66. The van der Waals surface area contributed by atoms with Gasteiger partial charge in [-0.1, -0.05) is 11.6 Å². The van der Waals surface area contributed by atoms with E-state index in [1.54, 1.807) is 0 Å². The summed E-state index contributed by atoms with van der Waals surface area (Å²) in [5.74, 6) is -0.837. The third-order valence-corrected chi connectivity index (χ3v) is 2.50. The average Bonchev–Trinajstić information content (AvgIpc) is 2.19. The largest absolute Gasteiger partial charge is 0.295 e. The minimum atomic E-state index is -0.734. The lowest BCUT2D eigenvalue weighted by Gasteiger charge is -2.21. The van der Waals surface area contributed by atoms with Crippen LogP contribution in [0.5, 0.6) is 0 Å². The fourth-order valence-corrected chi connectivity index (χ4v) is 1.68. The van der Waals surface area contributed by atoms with Gasteiger partial charge in [0.15, 0.2) is 0 Å². The van der Waals surface area contributed by atoms with Crippen molar-refractivity contribution < 1.29 is 9.59 Å². The van der Waals surface area contributed by atoms with E-state index in [-0.39, 0.29) is 23.8 Å². The molecule has 1 aliphatic heterocycles. The molecule has 1 unspecified atom stereocenters. The number of hydrogen-bond donors (Lipinski definition) is 1. The minimum Gasteiger partial charge on any atom is -0.295 e. The Bertz CT molecular complexity index is 511. The number of halogens is 1. The molecular weight excluding hydrogens is 234 g/mol. The zero-order valence-corrected chi connectivity index (χ0v) is 8.90. The maximum absolute atomic E-state index is 11.5. The van der Waals surface area contributed by atoms with Crippen molar-refractivity contribution in [2.45, 2.75) is 18.9 Å². The molecule has 0 saturated carbocycles. The molecule has 1 aromatic rings. The Morgan fingerprint density at radius 3 is 2.81 bits per heavy atom. The van der Waals surface area contributed by atoms with E-state index in [4.69, 9.17) is 11.6 Å². The molecule has 1 N–H and O–H groups in total. The van der Waals surface area contributed by atoms with Crippen LogP contribution in [0.4, 0.5) is 0 Å². The van der Waals surface area contributed by atoms with Gasteiger partial charge >= 0.3 is 0 Å². The molecule has 0 spiro atoms. The number of carbonyl (C=O) groups is 2. The summed E-state index contributed by atoms with van der Waals surface area (Å²) in [7, 11) is 0. The van der Waals surface area contributed by atoms with Crippen molar-refractivity contribution in [2.75, 3.05) is 0 Å². The van der Waals surface area contributed by atoms with E-state index in [2.05, 4.69) is 10.4 Å². The molecule has 2 amide bonds. The van der Waals surface area contributed by atoms with Crippen molar-refractivity contribution in [3.8, 4) is 0 Å². The van der Waals surface area contributed by atoms with Crippen LogP contribution in [0, 0.1) is 0 Å². The van der Waals surface area contributed by atoms with E-state index in [1.165, 1.54) is 12.3 Å². The highest BCUT2D eigenvalue weighted by atomic mass is 35.5. The molecule has 1 aliphatic rings. The van der Waals surface area contributed by atoms with Gasteiger partial charge in [-0.15, -0.1) is 0 Å². The fraction of sp³-hybridized carbons (Fsp3) is 0.333. The third-order valence-electron chi connectivity index (χ3n) is 2.30. The molecule has 0 radical (unpaired) electrons. The number of aromatic nitrogens is 2. The van der Waals surface area contributed by atoms with E-state index >= 15 is 0 Å². The van der Waals surface area contributed by atoms with Gasteiger partial charge in [0, 0.05) is 12.5 Å². The number of piperidine rings is 1. The first kappa shape index (κ1) is 10.8. The molecule has 1 aromatic heterocycles. The van der Waals surface area contributed by atoms with E-state index < -0.39 is 17.5 Å². The molecule has 16 heavy (non-hydrogen) atoms. The SMILES string of the molecule is O=C1CCC(n2ncc(Cl)cc2=O)C(=O)N1. The molecule has 7 heteroatoms. The van der Waals surface area contributed by atoms with Gasteiger partial charge in [-0.25, -0.2) is 4.68 Å². The van der Waals surface area contributed by atoms with Crippen LogP contribution in [0.15, 0.2) is 17.1 Å². The van der Waals surface area contributed by atoms with Crippen molar-refractivity contribution in [1.29, 1.82) is 0 Å². The molecule has 1 atom stereocenters. The predicted molar refractivity (Wildman–Crippen MR) is 54.9 cm³/mol. The van der Waals surface area contributed by atoms with Crippen LogP contribution in [-0.4, -0.2) is 21.6 Å². The van der Waals surface area contributed by atoms with Crippen LogP contribution in [0.25, 0.3) is 0 Å². The van der Waals surface area contributed by atoms with Crippen molar-refractivity contribution in [3.05, 3.63) is 27.6 Å². The Balaban J connectivity index is 2.34. The van der Waals surface area contributed by atoms with E-state index in [9.17, 15) is 14.4 Å². The van der Waals surface area contributed by atoms with Gasteiger partial charge in [-0.05, 0) is 6.42 Å². The summed E-state index contributed by atoms with van der Waals surface area (Å²) in [6.07, 6.45) is 1.76. The smallest absolute Gasteiger partial charge is 0.268 e. The number of rotatable bonds is 1. The lowest BCUT2D eigenvalue weighted by atomic mass is 10.1. The number of amides is 2. The van der Waals surface area contributed by atoms with Crippen molar-refractivity contribution in [1.82, 2.24) is 15.1 Å². The number of imide groups is 1. The molecule has 0 aliphatic carbocycles. The number of nitrogens with zero attached hydrogens (tertiary/aromatic N) is 2. The summed E-state index contributed by atoms with van der Waals surface area (Å²) in [6, 6.07) is 0.445. The predicted octanol–water partition coefficient (Wildman–Crippen LogP) is -0.126. The van der Waals surface area contributed by atoms with E-state index in [0.717, 1.165) is 4.68 Å². The second kappa shape index (κ2) is 4.05. The third kappa shape index (κ3) is 1.96.